The molecule has 0 bridgehead atoms. The number of rotatable bonds is 20. The summed E-state index contributed by atoms with van der Waals surface area (Å²) in [5.41, 5.74) is 6.81. The van der Waals surface area contributed by atoms with Crippen LogP contribution < -0.4 is 9.47 Å². The second kappa shape index (κ2) is 17.6. The minimum absolute atomic E-state index is 0.0884. The van der Waals surface area contributed by atoms with Gasteiger partial charge in [0.15, 0.2) is 0 Å². The summed E-state index contributed by atoms with van der Waals surface area (Å²) in [6, 6.07) is 23.6. The summed E-state index contributed by atoms with van der Waals surface area (Å²) in [4.78, 5) is 25.7. The molecule has 1 aliphatic rings. The molecule has 270 valence electrons. The van der Waals surface area contributed by atoms with Crippen LogP contribution in [0, 0.1) is 13.8 Å². The third-order valence-corrected chi connectivity index (χ3v) is 10.2. The predicted octanol–water partition coefficient (Wildman–Crippen LogP) is 11.5. The Balaban J connectivity index is 1.61. The average Bonchev–Trinajstić information content (AvgIpc) is 3.39. The molecular formula is C45H54O6. The van der Waals surface area contributed by atoms with Crippen molar-refractivity contribution in [3.63, 3.8) is 0 Å². The molecule has 0 radical (unpaired) electrons. The summed E-state index contributed by atoms with van der Waals surface area (Å²) in [7, 11) is 0. The third-order valence-electron chi connectivity index (χ3n) is 10.2. The first kappa shape index (κ1) is 37.7. The van der Waals surface area contributed by atoms with Gasteiger partial charge in [0.25, 0.3) is 0 Å². The van der Waals surface area contributed by atoms with E-state index in [9.17, 15) is 19.8 Å². The molecule has 0 aromatic heterocycles. The van der Waals surface area contributed by atoms with E-state index in [2.05, 4.69) is 50.2 Å². The fourth-order valence-electron chi connectivity index (χ4n) is 7.58. The van der Waals surface area contributed by atoms with Crippen molar-refractivity contribution in [2.75, 3.05) is 13.2 Å². The lowest BCUT2D eigenvalue weighted by molar-refractivity contribution is 0.0681. The highest BCUT2D eigenvalue weighted by Crippen LogP contribution is 2.57. The lowest BCUT2D eigenvalue weighted by Gasteiger charge is -2.35. The molecule has 4 aromatic rings. The Bertz CT molecular complexity index is 1690. The van der Waals surface area contributed by atoms with Crippen molar-refractivity contribution in [2.24, 2.45) is 0 Å². The molecule has 0 amide bonds. The molecule has 0 saturated heterocycles. The van der Waals surface area contributed by atoms with E-state index in [1.165, 1.54) is 38.5 Å². The number of carboxylic acids is 2. The number of fused-ring (bicyclic) bond motifs is 3. The molecule has 0 spiro atoms. The van der Waals surface area contributed by atoms with Gasteiger partial charge in [-0.05, 0) is 84.3 Å². The van der Waals surface area contributed by atoms with E-state index in [1.807, 2.05) is 26.0 Å². The Morgan fingerprint density at radius 3 is 1.31 bits per heavy atom. The molecule has 0 fully saturated rings. The molecule has 0 saturated carbocycles. The zero-order valence-corrected chi connectivity index (χ0v) is 30.9. The van der Waals surface area contributed by atoms with E-state index < -0.39 is 17.4 Å². The van der Waals surface area contributed by atoms with Crippen LogP contribution in [-0.2, 0) is 5.41 Å². The summed E-state index contributed by atoms with van der Waals surface area (Å²) in [5.74, 6) is -1.46. The van der Waals surface area contributed by atoms with E-state index in [0.717, 1.165) is 83.0 Å². The van der Waals surface area contributed by atoms with Crippen LogP contribution in [0.1, 0.15) is 145 Å². The largest absolute Gasteiger partial charge is 0.493 e. The molecular weight excluding hydrogens is 636 g/mol. The number of hydrogen-bond acceptors (Lipinski definition) is 4. The minimum atomic E-state index is -1.07. The van der Waals surface area contributed by atoms with Gasteiger partial charge in [-0.15, -0.1) is 0 Å². The molecule has 4 aromatic carbocycles. The highest BCUT2D eigenvalue weighted by atomic mass is 16.5. The number of ether oxygens (including phenoxy) is 2. The maximum atomic E-state index is 12.8. The topological polar surface area (TPSA) is 93.1 Å². The first-order valence-electron chi connectivity index (χ1n) is 19.0. The molecule has 6 nitrogen and oxygen atoms in total. The fourth-order valence-corrected chi connectivity index (χ4v) is 7.58. The van der Waals surface area contributed by atoms with Crippen molar-refractivity contribution >= 4 is 11.9 Å². The molecule has 0 unspecified atom stereocenters. The normalized spacial score (nSPS) is 12.7. The lowest BCUT2D eigenvalue weighted by Crippen LogP contribution is -2.29. The van der Waals surface area contributed by atoms with Crippen LogP contribution in [0.3, 0.4) is 0 Å². The van der Waals surface area contributed by atoms with Crippen LogP contribution in [0.5, 0.6) is 11.5 Å². The number of aromatic carboxylic acids is 2. The monoisotopic (exact) mass is 690 g/mol. The molecule has 0 heterocycles. The van der Waals surface area contributed by atoms with Crippen molar-refractivity contribution in [3.05, 3.63) is 117 Å². The van der Waals surface area contributed by atoms with Gasteiger partial charge < -0.3 is 19.7 Å². The quantitative estimate of drug-likeness (QED) is 0.0790. The Labute approximate surface area is 303 Å². The van der Waals surface area contributed by atoms with Gasteiger partial charge in [-0.2, -0.15) is 0 Å². The fraction of sp³-hybridized carbons (Fsp3) is 0.422. The van der Waals surface area contributed by atoms with E-state index in [-0.39, 0.29) is 11.1 Å². The minimum Gasteiger partial charge on any atom is -0.493 e. The van der Waals surface area contributed by atoms with E-state index in [0.29, 0.717) is 24.7 Å². The predicted molar refractivity (Wildman–Crippen MR) is 205 cm³/mol. The summed E-state index contributed by atoms with van der Waals surface area (Å²) >= 11 is 0. The average molecular weight is 691 g/mol. The van der Waals surface area contributed by atoms with Crippen LogP contribution in [0.4, 0.5) is 0 Å². The Morgan fingerprint density at radius 2 is 0.922 bits per heavy atom. The zero-order valence-electron chi connectivity index (χ0n) is 30.9. The van der Waals surface area contributed by atoms with Gasteiger partial charge in [0, 0.05) is 0 Å². The highest BCUT2D eigenvalue weighted by molar-refractivity contribution is 5.94. The Kier molecular flexibility index (Phi) is 13.0. The van der Waals surface area contributed by atoms with E-state index in [1.54, 1.807) is 24.3 Å². The molecule has 0 aliphatic heterocycles. The molecule has 0 atom stereocenters. The maximum Gasteiger partial charge on any atom is 0.339 e. The summed E-state index contributed by atoms with van der Waals surface area (Å²) in [6.07, 6.45) is 13.3. The molecule has 51 heavy (non-hydrogen) atoms. The standard InChI is InChI=1S/C45H54O6/c1-5-7-9-11-13-15-25-50-41-23-19-33(29-37(41)43(46)47)45(39-27-31(3)17-21-35(39)36-22-18-32(4)28-40(36)45)34-20-24-42(38(30-34)44(48)49)51-26-16-14-12-10-8-6-2/h17-24,27-30H,5-16,25-26H2,1-4H3,(H,46,47)(H,48,49). The summed E-state index contributed by atoms with van der Waals surface area (Å²) in [6.45, 7) is 9.38. The van der Waals surface area contributed by atoms with Crippen LogP contribution >= 0.6 is 0 Å². The van der Waals surface area contributed by atoms with Crippen molar-refractivity contribution < 1.29 is 29.3 Å². The Hall–Kier alpha value is -4.58. The van der Waals surface area contributed by atoms with Crippen molar-refractivity contribution in [1.29, 1.82) is 0 Å². The first-order chi connectivity index (χ1) is 24.7. The van der Waals surface area contributed by atoms with E-state index in [4.69, 9.17) is 9.47 Å². The van der Waals surface area contributed by atoms with Gasteiger partial charge in [-0.1, -0.05) is 138 Å². The number of benzene rings is 4. The van der Waals surface area contributed by atoms with Gasteiger partial charge in [-0.25, -0.2) is 9.59 Å². The smallest absolute Gasteiger partial charge is 0.339 e. The summed E-state index contributed by atoms with van der Waals surface area (Å²) in [5, 5.41) is 21.0. The number of unbranched alkanes of at least 4 members (excludes halogenated alkanes) is 10. The molecule has 1 aliphatic carbocycles. The maximum absolute atomic E-state index is 12.8. The van der Waals surface area contributed by atoms with Crippen LogP contribution in [0.2, 0.25) is 0 Å². The van der Waals surface area contributed by atoms with Crippen molar-refractivity contribution in [2.45, 2.75) is 110 Å². The first-order valence-corrected chi connectivity index (χ1v) is 19.0. The van der Waals surface area contributed by atoms with Gasteiger partial charge in [0.1, 0.15) is 22.6 Å². The van der Waals surface area contributed by atoms with Gasteiger partial charge in [-0.3, -0.25) is 0 Å². The number of carbonyl (C=O) groups is 2. The third kappa shape index (κ3) is 8.32. The highest BCUT2D eigenvalue weighted by Gasteiger charge is 2.47. The van der Waals surface area contributed by atoms with Gasteiger partial charge >= 0.3 is 11.9 Å². The van der Waals surface area contributed by atoms with Crippen LogP contribution in [-0.4, -0.2) is 35.4 Å². The molecule has 5 rings (SSSR count). The zero-order chi connectivity index (χ0) is 36.4. The second-order valence-electron chi connectivity index (χ2n) is 14.1. The summed E-state index contributed by atoms with van der Waals surface area (Å²) < 4.78 is 12.2. The lowest BCUT2D eigenvalue weighted by atomic mass is 9.66. The van der Waals surface area contributed by atoms with Crippen LogP contribution in [0.25, 0.3) is 11.1 Å². The Morgan fingerprint density at radius 1 is 0.529 bits per heavy atom. The van der Waals surface area contributed by atoms with E-state index >= 15 is 0 Å². The second-order valence-corrected chi connectivity index (χ2v) is 14.1. The molecule has 2 N–H and O–H groups in total. The molecule has 6 heteroatoms. The van der Waals surface area contributed by atoms with Crippen LogP contribution in [0.15, 0.2) is 72.8 Å². The number of hydrogen-bond donors (Lipinski definition) is 2. The van der Waals surface area contributed by atoms with Gasteiger partial charge in [0.2, 0.25) is 0 Å². The van der Waals surface area contributed by atoms with Crippen molar-refractivity contribution in [3.8, 4) is 22.6 Å². The van der Waals surface area contributed by atoms with Gasteiger partial charge in [0.05, 0.1) is 18.6 Å². The number of carboxylic acid groups (broad SMARTS) is 2. The van der Waals surface area contributed by atoms with Crippen molar-refractivity contribution in [1.82, 2.24) is 0 Å². The SMILES string of the molecule is CCCCCCCCOc1ccc(C2(c3ccc(OCCCCCCCC)c(C(=O)O)c3)c3cc(C)ccc3-c3ccc(C)cc32)cc1C(=O)O. The number of aryl methyl sites for hydroxylation is 2.